The third kappa shape index (κ3) is 1.91. The van der Waals surface area contributed by atoms with Gasteiger partial charge < -0.3 is 9.73 Å². The number of rotatable bonds is 2. The van der Waals surface area contributed by atoms with Crippen LogP contribution in [0.5, 0.6) is 0 Å². The molecule has 0 spiro atoms. The standard InChI is InChI=1S/C12H12FNO2/c1-7(14-8(2)15)11-6-9-4-3-5-10(13)12(9)16-11/h3-7H,1-2H3,(H,14,15). The van der Waals surface area contributed by atoms with Crippen LogP contribution in [0.4, 0.5) is 4.39 Å². The molecule has 1 N–H and O–H groups in total. The van der Waals surface area contributed by atoms with Crippen LogP contribution in [-0.2, 0) is 4.79 Å². The Labute approximate surface area is 92.2 Å². The van der Waals surface area contributed by atoms with Crippen LogP contribution in [0.2, 0.25) is 0 Å². The smallest absolute Gasteiger partial charge is 0.217 e. The van der Waals surface area contributed by atoms with Gasteiger partial charge in [-0.2, -0.15) is 0 Å². The Hall–Kier alpha value is -1.84. The molecular formula is C12H12FNO2. The van der Waals surface area contributed by atoms with Crippen molar-refractivity contribution in [2.24, 2.45) is 0 Å². The van der Waals surface area contributed by atoms with E-state index in [1.807, 2.05) is 0 Å². The molecular weight excluding hydrogens is 209 g/mol. The number of nitrogens with one attached hydrogen (secondary N) is 1. The lowest BCUT2D eigenvalue weighted by atomic mass is 10.2. The van der Waals surface area contributed by atoms with Gasteiger partial charge in [-0.15, -0.1) is 0 Å². The van der Waals surface area contributed by atoms with E-state index in [0.29, 0.717) is 11.1 Å². The Morgan fingerprint density at radius 1 is 1.50 bits per heavy atom. The van der Waals surface area contributed by atoms with Crippen molar-refractivity contribution in [2.45, 2.75) is 19.9 Å². The van der Waals surface area contributed by atoms with Gasteiger partial charge in [0, 0.05) is 12.3 Å². The zero-order chi connectivity index (χ0) is 11.7. The van der Waals surface area contributed by atoms with Crippen molar-refractivity contribution >= 4 is 16.9 Å². The zero-order valence-corrected chi connectivity index (χ0v) is 9.08. The molecule has 1 amide bonds. The first-order valence-corrected chi connectivity index (χ1v) is 5.03. The summed E-state index contributed by atoms with van der Waals surface area (Å²) in [6.45, 7) is 3.22. The average molecular weight is 221 g/mol. The minimum absolute atomic E-state index is 0.145. The van der Waals surface area contributed by atoms with Gasteiger partial charge in [0.15, 0.2) is 11.4 Å². The number of para-hydroxylation sites is 1. The minimum Gasteiger partial charge on any atom is -0.456 e. The molecule has 0 radical (unpaired) electrons. The number of fused-ring (bicyclic) bond motifs is 1. The quantitative estimate of drug-likeness (QED) is 0.847. The number of hydrogen-bond donors (Lipinski definition) is 1. The first-order valence-electron chi connectivity index (χ1n) is 5.03. The van der Waals surface area contributed by atoms with E-state index in [9.17, 15) is 9.18 Å². The Balaban J connectivity index is 2.39. The predicted octanol–water partition coefficient (Wildman–Crippen LogP) is 2.77. The monoisotopic (exact) mass is 221 g/mol. The maximum absolute atomic E-state index is 13.3. The molecule has 2 rings (SSSR count). The van der Waals surface area contributed by atoms with E-state index in [1.54, 1.807) is 25.1 Å². The van der Waals surface area contributed by atoms with Crippen LogP contribution in [0.25, 0.3) is 11.0 Å². The molecule has 0 saturated heterocycles. The highest BCUT2D eigenvalue weighted by atomic mass is 19.1. The lowest BCUT2D eigenvalue weighted by molar-refractivity contribution is -0.119. The molecule has 1 aromatic carbocycles. The fraction of sp³-hybridized carbons (Fsp3) is 0.250. The third-order valence-corrected chi connectivity index (χ3v) is 2.36. The van der Waals surface area contributed by atoms with E-state index in [1.165, 1.54) is 13.0 Å². The number of amides is 1. The molecule has 0 aliphatic rings. The number of furan rings is 1. The van der Waals surface area contributed by atoms with Crippen LogP contribution in [0, 0.1) is 5.82 Å². The Morgan fingerprint density at radius 2 is 2.25 bits per heavy atom. The van der Waals surface area contributed by atoms with Crippen LogP contribution >= 0.6 is 0 Å². The largest absolute Gasteiger partial charge is 0.456 e. The minimum atomic E-state index is -0.390. The maximum Gasteiger partial charge on any atom is 0.217 e. The molecule has 84 valence electrons. The molecule has 1 atom stereocenters. The van der Waals surface area contributed by atoms with Gasteiger partial charge in [0.25, 0.3) is 0 Å². The van der Waals surface area contributed by atoms with Crippen molar-refractivity contribution in [2.75, 3.05) is 0 Å². The second kappa shape index (κ2) is 3.96. The van der Waals surface area contributed by atoms with E-state index < -0.39 is 5.82 Å². The number of carbonyl (C=O) groups is 1. The third-order valence-electron chi connectivity index (χ3n) is 2.36. The molecule has 1 unspecified atom stereocenters. The summed E-state index contributed by atoms with van der Waals surface area (Å²) in [5, 5.41) is 3.39. The normalized spacial score (nSPS) is 12.7. The van der Waals surface area contributed by atoms with E-state index in [2.05, 4.69) is 5.32 Å². The van der Waals surface area contributed by atoms with Gasteiger partial charge in [-0.3, -0.25) is 4.79 Å². The fourth-order valence-corrected chi connectivity index (χ4v) is 1.64. The van der Waals surface area contributed by atoms with E-state index in [4.69, 9.17) is 4.42 Å². The highest BCUT2D eigenvalue weighted by Crippen LogP contribution is 2.25. The molecule has 0 aliphatic heterocycles. The summed E-state index contributed by atoms with van der Waals surface area (Å²) in [5.41, 5.74) is 0.231. The summed E-state index contributed by atoms with van der Waals surface area (Å²) in [6, 6.07) is 6.22. The zero-order valence-electron chi connectivity index (χ0n) is 9.08. The van der Waals surface area contributed by atoms with Crippen molar-refractivity contribution in [1.29, 1.82) is 0 Å². The van der Waals surface area contributed by atoms with E-state index in [-0.39, 0.29) is 17.5 Å². The molecule has 3 nitrogen and oxygen atoms in total. The van der Waals surface area contributed by atoms with Crippen LogP contribution in [0.3, 0.4) is 0 Å². The highest BCUT2D eigenvalue weighted by Gasteiger charge is 2.13. The first-order chi connectivity index (χ1) is 7.58. The molecule has 0 saturated carbocycles. The predicted molar refractivity (Wildman–Crippen MR) is 58.4 cm³/mol. The van der Waals surface area contributed by atoms with Gasteiger partial charge >= 0.3 is 0 Å². The molecule has 1 heterocycles. The Morgan fingerprint density at radius 3 is 2.88 bits per heavy atom. The molecule has 0 aliphatic carbocycles. The fourth-order valence-electron chi connectivity index (χ4n) is 1.64. The Bertz CT molecular complexity index is 533. The second-order valence-electron chi connectivity index (χ2n) is 3.73. The van der Waals surface area contributed by atoms with Crippen LogP contribution in [-0.4, -0.2) is 5.91 Å². The lowest BCUT2D eigenvalue weighted by Crippen LogP contribution is -2.23. The van der Waals surface area contributed by atoms with E-state index in [0.717, 1.165) is 0 Å². The van der Waals surface area contributed by atoms with Crippen LogP contribution in [0.15, 0.2) is 28.7 Å². The van der Waals surface area contributed by atoms with Crippen molar-refractivity contribution in [1.82, 2.24) is 5.32 Å². The molecule has 4 heteroatoms. The summed E-state index contributed by atoms with van der Waals surface area (Å²) < 4.78 is 18.7. The average Bonchev–Trinajstić information content (AvgIpc) is 2.61. The second-order valence-corrected chi connectivity index (χ2v) is 3.73. The van der Waals surface area contributed by atoms with Gasteiger partial charge in [0.05, 0.1) is 6.04 Å². The van der Waals surface area contributed by atoms with Gasteiger partial charge in [0.2, 0.25) is 5.91 Å². The lowest BCUT2D eigenvalue weighted by Gasteiger charge is -2.08. The summed E-state index contributed by atoms with van der Waals surface area (Å²) in [5.74, 6) is 0.0162. The summed E-state index contributed by atoms with van der Waals surface area (Å²) in [7, 11) is 0. The molecule has 0 fully saturated rings. The highest BCUT2D eigenvalue weighted by molar-refractivity contribution is 5.79. The molecule has 2 aromatic rings. The van der Waals surface area contributed by atoms with Gasteiger partial charge in [0.1, 0.15) is 5.76 Å². The van der Waals surface area contributed by atoms with Crippen molar-refractivity contribution in [3.05, 3.63) is 35.8 Å². The van der Waals surface area contributed by atoms with Gasteiger partial charge in [-0.1, -0.05) is 12.1 Å². The number of carbonyl (C=O) groups excluding carboxylic acids is 1. The molecule has 0 bridgehead atoms. The molecule has 1 aromatic heterocycles. The first kappa shape index (κ1) is 10.7. The van der Waals surface area contributed by atoms with Crippen molar-refractivity contribution in [3.8, 4) is 0 Å². The summed E-state index contributed by atoms with van der Waals surface area (Å²) >= 11 is 0. The summed E-state index contributed by atoms with van der Waals surface area (Å²) in [4.78, 5) is 10.9. The van der Waals surface area contributed by atoms with Crippen molar-refractivity contribution < 1.29 is 13.6 Å². The number of benzene rings is 1. The van der Waals surface area contributed by atoms with Crippen molar-refractivity contribution in [3.63, 3.8) is 0 Å². The van der Waals surface area contributed by atoms with E-state index >= 15 is 0 Å². The Kier molecular flexibility index (Phi) is 2.64. The van der Waals surface area contributed by atoms with Crippen LogP contribution < -0.4 is 5.32 Å². The SMILES string of the molecule is CC(=O)NC(C)c1cc2cccc(F)c2o1. The maximum atomic E-state index is 13.3. The number of halogens is 1. The van der Waals surface area contributed by atoms with Gasteiger partial charge in [-0.25, -0.2) is 4.39 Å². The van der Waals surface area contributed by atoms with Crippen LogP contribution in [0.1, 0.15) is 25.6 Å². The number of hydrogen-bond acceptors (Lipinski definition) is 2. The topological polar surface area (TPSA) is 42.2 Å². The summed E-state index contributed by atoms with van der Waals surface area (Å²) in [6.07, 6.45) is 0. The molecule has 16 heavy (non-hydrogen) atoms. The van der Waals surface area contributed by atoms with Gasteiger partial charge in [-0.05, 0) is 19.1 Å².